The Hall–Kier alpha value is -1.09. The van der Waals surface area contributed by atoms with E-state index < -0.39 is 0 Å². The van der Waals surface area contributed by atoms with Crippen molar-refractivity contribution in [2.24, 2.45) is 11.8 Å². The zero-order chi connectivity index (χ0) is 14.5. The molecule has 1 fully saturated rings. The second-order valence-corrected chi connectivity index (χ2v) is 6.39. The van der Waals surface area contributed by atoms with E-state index >= 15 is 0 Å². The van der Waals surface area contributed by atoms with Crippen molar-refractivity contribution in [2.75, 3.05) is 6.54 Å². The Morgan fingerprint density at radius 2 is 1.90 bits per heavy atom. The third kappa shape index (κ3) is 4.48. The number of ether oxygens (including phenoxy) is 1. The number of pyridine rings is 1. The molecule has 0 spiro atoms. The van der Waals surface area contributed by atoms with Gasteiger partial charge in [-0.2, -0.15) is 0 Å². The molecule has 1 aliphatic rings. The van der Waals surface area contributed by atoms with Crippen molar-refractivity contribution in [3.8, 4) is 5.88 Å². The molecule has 2 unspecified atom stereocenters. The number of hydrogen-bond donors (Lipinski definition) is 1. The highest BCUT2D eigenvalue weighted by Crippen LogP contribution is 2.31. The summed E-state index contributed by atoms with van der Waals surface area (Å²) in [4.78, 5) is 4.54. The van der Waals surface area contributed by atoms with Crippen LogP contribution in [-0.4, -0.2) is 17.6 Å². The van der Waals surface area contributed by atoms with Gasteiger partial charge in [-0.05, 0) is 56.2 Å². The van der Waals surface area contributed by atoms with Crippen LogP contribution < -0.4 is 10.1 Å². The van der Waals surface area contributed by atoms with Crippen molar-refractivity contribution in [2.45, 2.75) is 59.6 Å². The van der Waals surface area contributed by atoms with E-state index in [0.717, 1.165) is 49.3 Å². The molecular weight excluding hydrogens is 248 g/mol. The van der Waals surface area contributed by atoms with Crippen molar-refractivity contribution in [1.82, 2.24) is 10.3 Å². The lowest BCUT2D eigenvalue weighted by Crippen LogP contribution is -2.28. The Balaban J connectivity index is 2.02. The first kappa shape index (κ1) is 15.3. The highest BCUT2D eigenvalue weighted by molar-refractivity contribution is 5.24. The summed E-state index contributed by atoms with van der Waals surface area (Å²) in [6.45, 7) is 10.7. The largest absolute Gasteiger partial charge is 0.474 e. The molecule has 0 amide bonds. The Labute approximate surface area is 123 Å². The molecule has 0 aromatic carbocycles. The third-order valence-electron chi connectivity index (χ3n) is 3.99. The van der Waals surface area contributed by atoms with Crippen LogP contribution in [0, 0.1) is 18.8 Å². The Morgan fingerprint density at radius 1 is 1.20 bits per heavy atom. The molecule has 112 valence electrons. The molecular formula is C17H28N2O. The van der Waals surface area contributed by atoms with Gasteiger partial charge in [0.1, 0.15) is 6.10 Å². The predicted octanol–water partition coefficient (Wildman–Crippen LogP) is 3.70. The monoisotopic (exact) mass is 276 g/mol. The van der Waals surface area contributed by atoms with Crippen LogP contribution in [0.15, 0.2) is 12.1 Å². The van der Waals surface area contributed by atoms with Gasteiger partial charge in [0.25, 0.3) is 0 Å². The van der Waals surface area contributed by atoms with Gasteiger partial charge in [0.05, 0.1) is 0 Å². The summed E-state index contributed by atoms with van der Waals surface area (Å²) in [5.41, 5.74) is 2.29. The molecule has 3 heteroatoms. The maximum atomic E-state index is 6.16. The zero-order valence-corrected chi connectivity index (χ0v) is 13.3. The molecule has 0 saturated heterocycles. The van der Waals surface area contributed by atoms with Gasteiger partial charge in [0, 0.05) is 18.3 Å². The van der Waals surface area contributed by atoms with Gasteiger partial charge < -0.3 is 10.1 Å². The summed E-state index contributed by atoms with van der Waals surface area (Å²) in [5, 5.41) is 3.35. The van der Waals surface area contributed by atoms with E-state index in [1.165, 1.54) is 12.0 Å². The molecule has 2 atom stereocenters. The number of hydrogen-bond acceptors (Lipinski definition) is 3. The number of aromatic nitrogens is 1. The van der Waals surface area contributed by atoms with Crippen molar-refractivity contribution < 1.29 is 4.74 Å². The number of nitrogens with one attached hydrogen (secondary N) is 1. The smallest absolute Gasteiger partial charge is 0.214 e. The van der Waals surface area contributed by atoms with Crippen molar-refractivity contribution in [3.05, 3.63) is 23.4 Å². The lowest BCUT2D eigenvalue weighted by Gasteiger charge is -2.31. The highest BCUT2D eigenvalue weighted by Gasteiger charge is 2.25. The van der Waals surface area contributed by atoms with E-state index in [9.17, 15) is 0 Å². The fourth-order valence-corrected chi connectivity index (χ4v) is 3.28. The minimum absolute atomic E-state index is 0.329. The third-order valence-corrected chi connectivity index (χ3v) is 3.99. The quantitative estimate of drug-likeness (QED) is 0.890. The molecule has 1 heterocycles. The first-order chi connectivity index (χ1) is 9.56. The lowest BCUT2D eigenvalue weighted by atomic mass is 9.82. The van der Waals surface area contributed by atoms with Crippen LogP contribution in [0.5, 0.6) is 5.88 Å². The maximum Gasteiger partial charge on any atom is 0.214 e. The average molecular weight is 276 g/mol. The normalized spacial score (nSPS) is 26.5. The van der Waals surface area contributed by atoms with Gasteiger partial charge in [0.15, 0.2) is 0 Å². The highest BCUT2D eigenvalue weighted by atomic mass is 16.5. The Morgan fingerprint density at radius 3 is 2.55 bits per heavy atom. The van der Waals surface area contributed by atoms with E-state index in [0.29, 0.717) is 6.10 Å². The Bertz CT molecular complexity index is 423. The number of aryl methyl sites for hydroxylation is 1. The van der Waals surface area contributed by atoms with Gasteiger partial charge in [-0.25, -0.2) is 4.98 Å². The molecule has 0 radical (unpaired) electrons. The van der Waals surface area contributed by atoms with E-state index in [1.807, 2.05) is 6.92 Å². The van der Waals surface area contributed by atoms with Crippen LogP contribution in [0.4, 0.5) is 0 Å². The molecule has 1 aromatic rings. The molecule has 1 N–H and O–H groups in total. The molecule has 1 aromatic heterocycles. The summed E-state index contributed by atoms with van der Waals surface area (Å²) >= 11 is 0. The predicted molar refractivity (Wildman–Crippen MR) is 82.9 cm³/mol. The first-order valence-electron chi connectivity index (χ1n) is 7.91. The molecule has 3 nitrogen and oxygen atoms in total. The van der Waals surface area contributed by atoms with Crippen molar-refractivity contribution in [1.29, 1.82) is 0 Å². The van der Waals surface area contributed by atoms with Gasteiger partial charge in [-0.15, -0.1) is 0 Å². The van der Waals surface area contributed by atoms with Crippen LogP contribution in [-0.2, 0) is 6.54 Å². The summed E-state index contributed by atoms with van der Waals surface area (Å²) in [7, 11) is 0. The van der Waals surface area contributed by atoms with Crippen molar-refractivity contribution >= 4 is 0 Å². The van der Waals surface area contributed by atoms with Gasteiger partial charge in [0.2, 0.25) is 5.88 Å². The number of rotatable bonds is 5. The molecule has 20 heavy (non-hydrogen) atoms. The topological polar surface area (TPSA) is 34.2 Å². The second kappa shape index (κ2) is 7.07. The SMILES string of the molecule is CCNCc1cc(C)nc(OC2CC(C)CC(C)C2)c1. The summed E-state index contributed by atoms with van der Waals surface area (Å²) in [6.07, 6.45) is 3.97. The maximum absolute atomic E-state index is 6.16. The van der Waals surface area contributed by atoms with E-state index in [1.54, 1.807) is 0 Å². The molecule has 0 bridgehead atoms. The standard InChI is InChI=1S/C17H28N2O/c1-5-18-11-15-9-14(4)19-17(10-15)20-16-7-12(2)6-13(3)8-16/h9-10,12-13,16,18H,5-8,11H2,1-4H3. The van der Waals surface area contributed by atoms with Crippen LogP contribution in [0.2, 0.25) is 0 Å². The van der Waals surface area contributed by atoms with Crippen LogP contribution in [0.1, 0.15) is 51.3 Å². The van der Waals surface area contributed by atoms with Gasteiger partial charge >= 0.3 is 0 Å². The molecule has 1 aliphatic carbocycles. The van der Waals surface area contributed by atoms with Crippen molar-refractivity contribution in [3.63, 3.8) is 0 Å². The summed E-state index contributed by atoms with van der Waals surface area (Å²) in [5.74, 6) is 2.31. The van der Waals surface area contributed by atoms with Crippen LogP contribution in [0.3, 0.4) is 0 Å². The van der Waals surface area contributed by atoms with E-state index in [-0.39, 0.29) is 0 Å². The summed E-state index contributed by atoms with van der Waals surface area (Å²) < 4.78 is 6.16. The fourth-order valence-electron chi connectivity index (χ4n) is 3.28. The average Bonchev–Trinajstić information content (AvgIpc) is 2.34. The zero-order valence-electron chi connectivity index (χ0n) is 13.3. The van der Waals surface area contributed by atoms with Gasteiger partial charge in [-0.3, -0.25) is 0 Å². The molecule has 2 rings (SSSR count). The minimum Gasteiger partial charge on any atom is -0.474 e. The van der Waals surface area contributed by atoms with Crippen LogP contribution >= 0.6 is 0 Å². The molecule has 1 saturated carbocycles. The molecule has 0 aliphatic heterocycles. The van der Waals surface area contributed by atoms with Crippen LogP contribution in [0.25, 0.3) is 0 Å². The second-order valence-electron chi connectivity index (χ2n) is 6.39. The number of nitrogens with zero attached hydrogens (tertiary/aromatic N) is 1. The Kier molecular flexibility index (Phi) is 5.41. The fraction of sp³-hybridized carbons (Fsp3) is 0.706. The van der Waals surface area contributed by atoms with Gasteiger partial charge in [-0.1, -0.05) is 20.8 Å². The van der Waals surface area contributed by atoms with E-state index in [4.69, 9.17) is 4.74 Å². The first-order valence-corrected chi connectivity index (χ1v) is 7.91. The minimum atomic E-state index is 0.329. The van der Waals surface area contributed by atoms with E-state index in [2.05, 4.69) is 43.2 Å². The summed E-state index contributed by atoms with van der Waals surface area (Å²) in [6, 6.07) is 4.21. The lowest BCUT2D eigenvalue weighted by molar-refractivity contribution is 0.0965.